The second kappa shape index (κ2) is 3.05. The summed E-state index contributed by atoms with van der Waals surface area (Å²) in [5.74, 6) is 1.42. The number of hydrogen-bond donors (Lipinski definition) is 0. The van der Waals surface area contributed by atoms with Crippen molar-refractivity contribution in [3.05, 3.63) is 11.7 Å². The number of aromatic nitrogens is 2. The van der Waals surface area contributed by atoms with Gasteiger partial charge in [0, 0.05) is 0 Å². The van der Waals surface area contributed by atoms with Gasteiger partial charge < -0.3 is 4.52 Å². The van der Waals surface area contributed by atoms with Gasteiger partial charge in [-0.15, -0.1) is 0 Å². The maximum absolute atomic E-state index is 4.94. The zero-order chi connectivity index (χ0) is 7.56. The van der Waals surface area contributed by atoms with Gasteiger partial charge in [-0.25, -0.2) is 0 Å². The zero-order valence-electron chi connectivity index (χ0n) is 6.29. The third-order valence-electron chi connectivity index (χ3n) is 1.24. The lowest BCUT2D eigenvalue weighted by Gasteiger charge is -1.97. The molecule has 4 heteroatoms. The fourth-order valence-corrected chi connectivity index (χ4v) is 0.876. The van der Waals surface area contributed by atoms with E-state index in [-0.39, 0.29) is 0 Å². The first-order chi connectivity index (χ1) is 4.74. The van der Waals surface area contributed by atoms with E-state index >= 15 is 0 Å². The molecule has 0 aromatic carbocycles. The van der Waals surface area contributed by atoms with Gasteiger partial charge in [-0.1, -0.05) is 5.16 Å². The highest BCUT2D eigenvalue weighted by Crippen LogP contribution is 2.23. The molecule has 10 heavy (non-hydrogen) atoms. The van der Waals surface area contributed by atoms with E-state index in [1.807, 2.05) is 20.1 Å². The van der Waals surface area contributed by atoms with Crippen LogP contribution >= 0.6 is 11.8 Å². The summed E-state index contributed by atoms with van der Waals surface area (Å²) in [5.41, 5.74) is 0. The minimum Gasteiger partial charge on any atom is -0.338 e. The van der Waals surface area contributed by atoms with E-state index in [2.05, 4.69) is 10.1 Å². The maximum atomic E-state index is 4.94. The quantitative estimate of drug-likeness (QED) is 0.658. The smallest absolute Gasteiger partial charge is 0.239 e. The molecule has 1 atom stereocenters. The fraction of sp³-hybridized carbons (Fsp3) is 0.667. The second-order valence-electron chi connectivity index (χ2n) is 2.06. The first kappa shape index (κ1) is 7.60. The molecule has 56 valence electrons. The van der Waals surface area contributed by atoms with Gasteiger partial charge in [-0.3, -0.25) is 0 Å². The molecule has 0 amide bonds. The summed E-state index contributed by atoms with van der Waals surface area (Å²) in [6, 6.07) is 0. The van der Waals surface area contributed by atoms with Gasteiger partial charge in [-0.2, -0.15) is 16.7 Å². The van der Waals surface area contributed by atoms with Crippen LogP contribution in [-0.2, 0) is 0 Å². The van der Waals surface area contributed by atoms with Gasteiger partial charge in [-0.05, 0) is 20.1 Å². The van der Waals surface area contributed by atoms with Crippen molar-refractivity contribution in [3.63, 3.8) is 0 Å². The van der Waals surface area contributed by atoms with Crippen LogP contribution in [0.5, 0.6) is 0 Å². The minimum atomic E-state index is 0.307. The Balaban J connectivity index is 2.74. The third-order valence-corrected chi connectivity index (χ3v) is 2.15. The van der Waals surface area contributed by atoms with Crippen molar-refractivity contribution in [1.29, 1.82) is 0 Å². The summed E-state index contributed by atoms with van der Waals surface area (Å²) in [4.78, 5) is 4.08. The number of hydrogen-bond acceptors (Lipinski definition) is 4. The number of nitrogens with zero attached hydrogens (tertiary/aromatic N) is 2. The zero-order valence-corrected chi connectivity index (χ0v) is 7.10. The van der Waals surface area contributed by atoms with Gasteiger partial charge in [0.15, 0.2) is 5.82 Å². The Hall–Kier alpha value is -0.510. The lowest BCUT2D eigenvalue weighted by atomic mass is 10.5. The van der Waals surface area contributed by atoms with Crippen LogP contribution in [-0.4, -0.2) is 16.4 Å². The largest absolute Gasteiger partial charge is 0.338 e. The molecule has 0 saturated carbocycles. The van der Waals surface area contributed by atoms with Gasteiger partial charge in [0.2, 0.25) is 5.89 Å². The van der Waals surface area contributed by atoms with E-state index in [1.165, 1.54) is 0 Å². The van der Waals surface area contributed by atoms with Gasteiger partial charge >= 0.3 is 0 Å². The van der Waals surface area contributed by atoms with Crippen molar-refractivity contribution in [3.8, 4) is 0 Å². The lowest BCUT2D eigenvalue weighted by molar-refractivity contribution is 0.376. The monoisotopic (exact) mass is 158 g/mol. The first-order valence-corrected chi connectivity index (χ1v) is 4.36. The molecule has 1 aromatic rings. The summed E-state index contributed by atoms with van der Waals surface area (Å²) in [5, 5.41) is 3.99. The molecule has 0 fully saturated rings. The van der Waals surface area contributed by atoms with E-state index in [4.69, 9.17) is 4.52 Å². The molecule has 0 aliphatic heterocycles. The predicted molar refractivity (Wildman–Crippen MR) is 41.0 cm³/mol. The highest BCUT2D eigenvalue weighted by molar-refractivity contribution is 7.98. The Morgan fingerprint density at radius 3 is 2.70 bits per heavy atom. The normalized spacial score (nSPS) is 13.5. The van der Waals surface area contributed by atoms with Crippen molar-refractivity contribution < 1.29 is 4.52 Å². The highest BCUT2D eigenvalue weighted by Gasteiger charge is 2.09. The van der Waals surface area contributed by atoms with Crippen molar-refractivity contribution in [1.82, 2.24) is 10.1 Å². The predicted octanol–water partition coefficient (Wildman–Crippen LogP) is 1.80. The van der Waals surface area contributed by atoms with E-state index in [9.17, 15) is 0 Å². The molecule has 1 rings (SSSR count). The third kappa shape index (κ3) is 1.50. The molecule has 0 radical (unpaired) electrons. The molecule has 0 aliphatic rings. The molecule has 0 spiro atoms. The van der Waals surface area contributed by atoms with Crippen LogP contribution in [0, 0.1) is 6.92 Å². The number of thioether (sulfide) groups is 1. The summed E-state index contributed by atoms with van der Waals surface area (Å²) < 4.78 is 4.94. The molecule has 1 heterocycles. The van der Waals surface area contributed by atoms with Gasteiger partial charge in [0.25, 0.3) is 0 Å². The van der Waals surface area contributed by atoms with Gasteiger partial charge in [0.05, 0.1) is 5.25 Å². The number of rotatable bonds is 2. The Kier molecular flexibility index (Phi) is 2.32. The molecule has 3 nitrogen and oxygen atoms in total. The molecule has 0 bridgehead atoms. The minimum absolute atomic E-state index is 0.307. The topological polar surface area (TPSA) is 38.9 Å². The van der Waals surface area contributed by atoms with Crippen molar-refractivity contribution in [2.75, 3.05) is 6.26 Å². The summed E-state index contributed by atoms with van der Waals surface area (Å²) in [6.07, 6.45) is 2.02. The van der Waals surface area contributed by atoms with Crippen LogP contribution in [0.2, 0.25) is 0 Å². The van der Waals surface area contributed by atoms with Crippen molar-refractivity contribution >= 4 is 11.8 Å². The van der Waals surface area contributed by atoms with E-state index in [0.717, 1.165) is 0 Å². The molecular weight excluding hydrogens is 148 g/mol. The summed E-state index contributed by atoms with van der Waals surface area (Å²) >= 11 is 1.69. The van der Waals surface area contributed by atoms with Crippen LogP contribution in [0.25, 0.3) is 0 Å². The van der Waals surface area contributed by atoms with Crippen molar-refractivity contribution in [2.45, 2.75) is 19.1 Å². The Morgan fingerprint density at radius 1 is 1.60 bits per heavy atom. The number of aryl methyl sites for hydroxylation is 1. The average Bonchev–Trinajstić information content (AvgIpc) is 2.34. The summed E-state index contributed by atoms with van der Waals surface area (Å²) in [6.45, 7) is 3.86. The van der Waals surface area contributed by atoms with Crippen LogP contribution in [0.3, 0.4) is 0 Å². The van der Waals surface area contributed by atoms with Crippen LogP contribution in [0.15, 0.2) is 4.52 Å². The Morgan fingerprint density at radius 2 is 2.30 bits per heavy atom. The molecule has 1 aromatic heterocycles. The molecule has 0 N–H and O–H groups in total. The highest BCUT2D eigenvalue weighted by atomic mass is 32.2. The van der Waals surface area contributed by atoms with Gasteiger partial charge in [0.1, 0.15) is 0 Å². The lowest BCUT2D eigenvalue weighted by Crippen LogP contribution is -1.86. The second-order valence-corrected chi connectivity index (χ2v) is 3.24. The maximum Gasteiger partial charge on any atom is 0.239 e. The van der Waals surface area contributed by atoms with E-state index in [1.54, 1.807) is 11.8 Å². The SMILES string of the molecule is CSC(C)c1nc(C)no1. The van der Waals surface area contributed by atoms with Crippen LogP contribution in [0.1, 0.15) is 23.9 Å². The van der Waals surface area contributed by atoms with Crippen LogP contribution in [0.4, 0.5) is 0 Å². The molecular formula is C6H10N2OS. The fourth-order valence-electron chi connectivity index (χ4n) is 0.579. The van der Waals surface area contributed by atoms with E-state index < -0.39 is 0 Å². The van der Waals surface area contributed by atoms with Crippen molar-refractivity contribution in [2.24, 2.45) is 0 Å². The average molecular weight is 158 g/mol. The Labute approximate surface area is 64.2 Å². The van der Waals surface area contributed by atoms with E-state index in [0.29, 0.717) is 17.0 Å². The molecule has 0 aliphatic carbocycles. The molecule has 0 saturated heterocycles. The standard InChI is InChI=1S/C6H10N2OS/c1-4(10-3)6-7-5(2)8-9-6/h4H,1-3H3. The van der Waals surface area contributed by atoms with Crippen LogP contribution < -0.4 is 0 Å². The summed E-state index contributed by atoms with van der Waals surface area (Å²) in [7, 11) is 0. The first-order valence-electron chi connectivity index (χ1n) is 3.07. The Bertz CT molecular complexity index is 211. The molecule has 1 unspecified atom stereocenters.